The highest BCUT2D eigenvalue weighted by Crippen LogP contribution is 2.34. The van der Waals surface area contributed by atoms with Crippen LogP contribution >= 0.6 is 0 Å². The first-order valence-corrected chi connectivity index (χ1v) is 10.6. The van der Waals surface area contributed by atoms with Crippen molar-refractivity contribution in [1.29, 1.82) is 0 Å². The summed E-state index contributed by atoms with van der Waals surface area (Å²) in [5, 5.41) is 0.714. The van der Waals surface area contributed by atoms with E-state index < -0.39 is 29.2 Å². The van der Waals surface area contributed by atoms with Crippen molar-refractivity contribution in [3.63, 3.8) is 0 Å². The van der Waals surface area contributed by atoms with Gasteiger partial charge in [0.15, 0.2) is 17.2 Å². The van der Waals surface area contributed by atoms with Crippen molar-refractivity contribution in [2.24, 2.45) is 0 Å². The average molecular weight is 491 g/mol. The number of methoxy groups -OCH3 is 1. The minimum absolute atomic E-state index is 0.0469. The van der Waals surface area contributed by atoms with E-state index in [-0.39, 0.29) is 17.2 Å². The Hall–Kier alpha value is -3.86. The number of amides is 1. The van der Waals surface area contributed by atoms with E-state index in [2.05, 4.69) is 4.98 Å². The van der Waals surface area contributed by atoms with Gasteiger partial charge in [0, 0.05) is 31.0 Å². The molecule has 4 rings (SSSR count). The highest BCUT2D eigenvalue weighted by molar-refractivity contribution is 6.06. The lowest BCUT2D eigenvalue weighted by Gasteiger charge is -2.30. The van der Waals surface area contributed by atoms with E-state index in [1.54, 1.807) is 18.2 Å². The number of aromatic nitrogens is 1. The van der Waals surface area contributed by atoms with Crippen LogP contribution in [-0.2, 0) is 10.9 Å². The number of pyridine rings is 1. The Morgan fingerprint density at radius 1 is 1.06 bits per heavy atom. The number of hydroxylamine groups is 1. The summed E-state index contributed by atoms with van der Waals surface area (Å²) in [5.74, 6) is -1.85. The van der Waals surface area contributed by atoms with Crippen molar-refractivity contribution < 1.29 is 36.7 Å². The van der Waals surface area contributed by atoms with E-state index in [0.717, 1.165) is 30.1 Å². The Bertz CT molecular complexity index is 1200. The molecule has 0 unspecified atom stereocenters. The Kier molecular flexibility index (Phi) is 7.06. The SMILES string of the molecule is COc1cc(F)ccc1ON(C(=O)c1cccnc1C(F)(F)F)c1cccc(N2CCOCC2)c1. The van der Waals surface area contributed by atoms with Crippen molar-refractivity contribution in [2.45, 2.75) is 6.18 Å². The maximum Gasteiger partial charge on any atom is 0.434 e. The van der Waals surface area contributed by atoms with Crippen molar-refractivity contribution in [1.82, 2.24) is 4.98 Å². The molecule has 0 spiro atoms. The molecule has 11 heteroatoms. The van der Waals surface area contributed by atoms with Crippen LogP contribution in [0.25, 0.3) is 0 Å². The van der Waals surface area contributed by atoms with Crippen LogP contribution in [0.4, 0.5) is 28.9 Å². The number of halogens is 4. The molecule has 1 amide bonds. The first-order valence-electron chi connectivity index (χ1n) is 10.6. The van der Waals surface area contributed by atoms with Crippen LogP contribution < -0.4 is 19.5 Å². The third kappa shape index (κ3) is 5.46. The zero-order chi connectivity index (χ0) is 25.0. The molecule has 1 aliphatic heterocycles. The fourth-order valence-corrected chi connectivity index (χ4v) is 3.58. The maximum atomic E-state index is 13.7. The number of anilines is 2. The second-order valence-corrected chi connectivity index (χ2v) is 7.50. The summed E-state index contributed by atoms with van der Waals surface area (Å²) in [6, 6.07) is 12.2. The van der Waals surface area contributed by atoms with Crippen molar-refractivity contribution in [3.05, 3.63) is 77.9 Å². The molecule has 0 bridgehead atoms. The summed E-state index contributed by atoms with van der Waals surface area (Å²) < 4.78 is 65.0. The number of benzene rings is 2. The predicted octanol–water partition coefficient (Wildman–Crippen LogP) is 4.73. The van der Waals surface area contributed by atoms with E-state index >= 15 is 0 Å². The summed E-state index contributed by atoms with van der Waals surface area (Å²) in [6.07, 6.45) is -3.92. The molecule has 0 atom stereocenters. The number of rotatable bonds is 6. The van der Waals surface area contributed by atoms with Crippen molar-refractivity contribution in [3.8, 4) is 11.5 Å². The van der Waals surface area contributed by atoms with Gasteiger partial charge in [-0.1, -0.05) is 6.07 Å². The molecule has 3 aromatic rings. The van der Waals surface area contributed by atoms with Gasteiger partial charge in [0.25, 0.3) is 5.91 Å². The molecule has 2 heterocycles. The fourth-order valence-electron chi connectivity index (χ4n) is 3.58. The number of carbonyl (C=O) groups excluding carboxylic acids is 1. The van der Waals surface area contributed by atoms with Gasteiger partial charge < -0.3 is 19.2 Å². The number of carbonyl (C=O) groups is 1. The molecule has 184 valence electrons. The summed E-state index contributed by atoms with van der Waals surface area (Å²) in [5.41, 5.74) is -1.19. The van der Waals surface area contributed by atoms with Crippen LogP contribution in [0.1, 0.15) is 16.1 Å². The molecule has 1 saturated heterocycles. The minimum atomic E-state index is -4.87. The molecule has 0 radical (unpaired) electrons. The van der Waals surface area contributed by atoms with Crippen LogP contribution in [0.2, 0.25) is 0 Å². The van der Waals surface area contributed by atoms with Crippen molar-refractivity contribution >= 4 is 17.3 Å². The topological polar surface area (TPSA) is 64.1 Å². The molecular weight excluding hydrogens is 470 g/mol. The van der Waals surface area contributed by atoms with Crippen LogP contribution in [0, 0.1) is 5.82 Å². The van der Waals surface area contributed by atoms with Crippen LogP contribution in [-0.4, -0.2) is 44.3 Å². The molecular formula is C24H21F4N3O4. The zero-order valence-electron chi connectivity index (χ0n) is 18.6. The van der Waals surface area contributed by atoms with Gasteiger partial charge in [-0.2, -0.15) is 13.2 Å². The fraction of sp³-hybridized carbons (Fsp3) is 0.250. The average Bonchev–Trinajstić information content (AvgIpc) is 2.87. The Morgan fingerprint density at radius 3 is 2.54 bits per heavy atom. The first kappa shape index (κ1) is 24.3. The molecule has 0 saturated carbocycles. The van der Waals surface area contributed by atoms with Gasteiger partial charge in [-0.15, -0.1) is 5.06 Å². The summed E-state index contributed by atoms with van der Waals surface area (Å²) in [7, 11) is 1.27. The minimum Gasteiger partial charge on any atom is -0.493 e. The number of hydrogen-bond acceptors (Lipinski definition) is 6. The van der Waals surface area contributed by atoms with Gasteiger partial charge in [-0.25, -0.2) is 4.39 Å². The Labute approximate surface area is 198 Å². The molecule has 1 aliphatic rings. The lowest BCUT2D eigenvalue weighted by Crippen LogP contribution is -2.37. The van der Waals surface area contributed by atoms with Gasteiger partial charge in [0.05, 0.1) is 31.6 Å². The largest absolute Gasteiger partial charge is 0.493 e. The van der Waals surface area contributed by atoms with E-state index in [4.69, 9.17) is 14.3 Å². The molecule has 1 fully saturated rings. The zero-order valence-corrected chi connectivity index (χ0v) is 18.6. The first-order chi connectivity index (χ1) is 16.8. The number of nitrogens with zero attached hydrogens (tertiary/aromatic N) is 3. The molecule has 0 aliphatic carbocycles. The van der Waals surface area contributed by atoms with E-state index in [9.17, 15) is 22.4 Å². The lowest BCUT2D eigenvalue weighted by atomic mass is 10.1. The van der Waals surface area contributed by atoms with Gasteiger partial charge in [0.1, 0.15) is 5.82 Å². The summed E-state index contributed by atoms with van der Waals surface area (Å²) >= 11 is 0. The van der Waals surface area contributed by atoms with Crippen LogP contribution in [0.15, 0.2) is 60.8 Å². The third-order valence-corrected chi connectivity index (χ3v) is 5.25. The predicted molar refractivity (Wildman–Crippen MR) is 119 cm³/mol. The standard InChI is InChI=1S/C24H21F4N3O4/c1-33-21-14-16(25)7-8-20(21)35-31(23(32)19-6-3-9-29-22(19)24(26,27)28)18-5-2-4-17(15-18)30-10-12-34-13-11-30/h2-9,14-15H,10-13H2,1H3. The van der Waals surface area contributed by atoms with Gasteiger partial charge >= 0.3 is 6.18 Å². The molecule has 2 aromatic carbocycles. The lowest BCUT2D eigenvalue weighted by molar-refractivity contribution is -0.141. The van der Waals surface area contributed by atoms with Crippen molar-refractivity contribution in [2.75, 3.05) is 43.4 Å². The second-order valence-electron chi connectivity index (χ2n) is 7.50. The maximum absolute atomic E-state index is 13.7. The second kappa shape index (κ2) is 10.2. The normalized spacial score (nSPS) is 13.9. The number of hydrogen-bond donors (Lipinski definition) is 0. The van der Waals surface area contributed by atoms with E-state index in [1.165, 1.54) is 25.3 Å². The quantitative estimate of drug-likeness (QED) is 0.367. The highest BCUT2D eigenvalue weighted by Gasteiger charge is 2.39. The monoisotopic (exact) mass is 491 g/mol. The smallest absolute Gasteiger partial charge is 0.434 e. The van der Waals surface area contributed by atoms with E-state index in [0.29, 0.717) is 31.4 Å². The van der Waals surface area contributed by atoms with Crippen LogP contribution in [0.5, 0.6) is 11.5 Å². The van der Waals surface area contributed by atoms with E-state index in [1.807, 2.05) is 4.90 Å². The van der Waals surface area contributed by atoms with Gasteiger partial charge in [-0.05, 0) is 42.5 Å². The number of alkyl halides is 3. The Balaban J connectivity index is 1.79. The molecule has 0 N–H and O–H groups in total. The van der Waals surface area contributed by atoms with Gasteiger partial charge in [-0.3, -0.25) is 9.78 Å². The third-order valence-electron chi connectivity index (χ3n) is 5.25. The van der Waals surface area contributed by atoms with Crippen LogP contribution in [0.3, 0.4) is 0 Å². The molecule has 7 nitrogen and oxygen atoms in total. The Morgan fingerprint density at radius 2 is 1.83 bits per heavy atom. The summed E-state index contributed by atoms with van der Waals surface area (Å²) in [4.78, 5) is 24.6. The highest BCUT2D eigenvalue weighted by atomic mass is 19.4. The van der Waals surface area contributed by atoms with Gasteiger partial charge in [0.2, 0.25) is 0 Å². The number of ether oxygens (including phenoxy) is 2. The molecule has 1 aromatic heterocycles. The summed E-state index contributed by atoms with van der Waals surface area (Å²) in [6.45, 7) is 2.23. The number of morpholine rings is 1. The molecule has 35 heavy (non-hydrogen) atoms.